The molecule has 1 aromatic carbocycles. The standard InChI is InChI=1S/C16H21N3O2/c1-12(2)19(10-14-7-5-4-6-8-14)11-15(20)17-16-9-13(3)18-21-16/h4-9,12H,10-11H2,1-3H3,(H,17,20). The Balaban J connectivity index is 1.94. The van der Waals surface area contributed by atoms with Gasteiger partial charge in [-0.15, -0.1) is 0 Å². The van der Waals surface area contributed by atoms with Gasteiger partial charge in [0, 0.05) is 18.7 Å². The molecule has 5 heteroatoms. The van der Waals surface area contributed by atoms with Crippen LogP contribution < -0.4 is 5.32 Å². The third kappa shape index (κ3) is 4.72. The first kappa shape index (κ1) is 15.3. The highest BCUT2D eigenvalue weighted by Crippen LogP contribution is 2.11. The highest BCUT2D eigenvalue weighted by atomic mass is 16.5. The van der Waals surface area contributed by atoms with Gasteiger partial charge in [-0.25, -0.2) is 0 Å². The van der Waals surface area contributed by atoms with Crippen LogP contribution in [0.15, 0.2) is 40.9 Å². The number of aromatic nitrogens is 1. The van der Waals surface area contributed by atoms with Crippen molar-refractivity contribution in [3.8, 4) is 0 Å². The van der Waals surface area contributed by atoms with Crippen LogP contribution in [0, 0.1) is 6.92 Å². The van der Waals surface area contributed by atoms with E-state index in [9.17, 15) is 4.79 Å². The van der Waals surface area contributed by atoms with E-state index in [0.717, 1.165) is 12.2 Å². The third-order valence-corrected chi connectivity index (χ3v) is 3.20. The molecule has 2 aromatic rings. The molecule has 0 saturated carbocycles. The number of nitrogens with one attached hydrogen (secondary N) is 1. The first-order chi connectivity index (χ1) is 10.0. The Bertz CT molecular complexity index is 578. The number of carbonyl (C=O) groups excluding carboxylic acids is 1. The van der Waals surface area contributed by atoms with E-state index in [0.29, 0.717) is 12.4 Å². The van der Waals surface area contributed by atoms with Crippen LogP contribution in [0.5, 0.6) is 0 Å². The van der Waals surface area contributed by atoms with E-state index in [1.54, 1.807) is 6.07 Å². The van der Waals surface area contributed by atoms with Crippen molar-refractivity contribution in [1.82, 2.24) is 10.1 Å². The zero-order chi connectivity index (χ0) is 15.2. The third-order valence-electron chi connectivity index (χ3n) is 3.20. The minimum atomic E-state index is -0.101. The summed E-state index contributed by atoms with van der Waals surface area (Å²) in [6, 6.07) is 12.1. The second-order valence-corrected chi connectivity index (χ2v) is 5.37. The number of benzene rings is 1. The largest absolute Gasteiger partial charge is 0.338 e. The zero-order valence-electron chi connectivity index (χ0n) is 12.7. The van der Waals surface area contributed by atoms with Gasteiger partial charge >= 0.3 is 0 Å². The van der Waals surface area contributed by atoms with E-state index in [4.69, 9.17) is 4.52 Å². The van der Waals surface area contributed by atoms with Crippen molar-refractivity contribution in [1.29, 1.82) is 0 Å². The predicted octanol–water partition coefficient (Wildman–Crippen LogP) is 2.83. The summed E-state index contributed by atoms with van der Waals surface area (Å²) in [5.74, 6) is 0.289. The van der Waals surface area contributed by atoms with Crippen LogP contribution in [-0.4, -0.2) is 28.6 Å². The molecule has 0 atom stereocenters. The summed E-state index contributed by atoms with van der Waals surface area (Å²) < 4.78 is 4.99. The average Bonchev–Trinajstić information content (AvgIpc) is 2.84. The van der Waals surface area contributed by atoms with Crippen LogP contribution in [0.4, 0.5) is 5.88 Å². The maximum atomic E-state index is 12.1. The van der Waals surface area contributed by atoms with Gasteiger partial charge in [-0.05, 0) is 26.3 Å². The lowest BCUT2D eigenvalue weighted by atomic mass is 10.2. The van der Waals surface area contributed by atoms with Crippen molar-refractivity contribution in [3.63, 3.8) is 0 Å². The number of amides is 1. The lowest BCUT2D eigenvalue weighted by Crippen LogP contribution is -2.37. The van der Waals surface area contributed by atoms with Crippen LogP contribution in [0.1, 0.15) is 25.1 Å². The van der Waals surface area contributed by atoms with Crippen molar-refractivity contribution in [3.05, 3.63) is 47.7 Å². The summed E-state index contributed by atoms with van der Waals surface area (Å²) >= 11 is 0. The lowest BCUT2D eigenvalue weighted by Gasteiger charge is -2.25. The fourth-order valence-electron chi connectivity index (χ4n) is 2.02. The fraction of sp³-hybridized carbons (Fsp3) is 0.375. The van der Waals surface area contributed by atoms with Gasteiger partial charge in [0.1, 0.15) is 0 Å². The molecule has 0 bridgehead atoms. The Morgan fingerprint density at radius 3 is 2.62 bits per heavy atom. The number of aryl methyl sites for hydroxylation is 1. The number of nitrogens with zero attached hydrogens (tertiary/aromatic N) is 2. The van der Waals surface area contributed by atoms with E-state index in [1.165, 1.54) is 5.56 Å². The van der Waals surface area contributed by atoms with Gasteiger partial charge in [0.15, 0.2) is 0 Å². The molecule has 0 aliphatic carbocycles. The maximum absolute atomic E-state index is 12.1. The Hall–Kier alpha value is -2.14. The molecule has 2 rings (SSSR count). The molecular weight excluding hydrogens is 266 g/mol. The Labute approximate surface area is 124 Å². The molecule has 1 amide bonds. The van der Waals surface area contributed by atoms with E-state index < -0.39 is 0 Å². The van der Waals surface area contributed by atoms with Gasteiger partial charge in [0.2, 0.25) is 11.8 Å². The Morgan fingerprint density at radius 1 is 1.33 bits per heavy atom. The quantitative estimate of drug-likeness (QED) is 0.887. The van der Waals surface area contributed by atoms with Crippen molar-refractivity contribution < 1.29 is 9.32 Å². The molecule has 1 N–H and O–H groups in total. The Morgan fingerprint density at radius 2 is 2.05 bits per heavy atom. The molecule has 0 aliphatic heterocycles. The molecule has 21 heavy (non-hydrogen) atoms. The van der Waals surface area contributed by atoms with Gasteiger partial charge in [0.25, 0.3) is 0 Å². The normalized spacial score (nSPS) is 11.1. The Kier molecular flexibility index (Phi) is 5.11. The number of hydrogen-bond donors (Lipinski definition) is 1. The predicted molar refractivity (Wildman–Crippen MR) is 81.9 cm³/mol. The van der Waals surface area contributed by atoms with Gasteiger partial charge in [0.05, 0.1) is 12.2 Å². The zero-order valence-corrected chi connectivity index (χ0v) is 12.7. The molecule has 0 spiro atoms. The summed E-state index contributed by atoms with van der Waals surface area (Å²) in [6.07, 6.45) is 0. The SMILES string of the molecule is Cc1cc(NC(=O)CN(Cc2ccccc2)C(C)C)on1. The van der Waals surface area contributed by atoms with Crippen molar-refractivity contribution in [2.75, 3.05) is 11.9 Å². The van der Waals surface area contributed by atoms with Gasteiger partial charge in [-0.1, -0.05) is 35.5 Å². The minimum Gasteiger partial charge on any atom is -0.338 e. The summed E-state index contributed by atoms with van der Waals surface area (Å²) in [5, 5.41) is 6.47. The maximum Gasteiger partial charge on any atom is 0.240 e. The summed E-state index contributed by atoms with van der Waals surface area (Å²) in [7, 11) is 0. The summed E-state index contributed by atoms with van der Waals surface area (Å²) in [5.41, 5.74) is 1.94. The summed E-state index contributed by atoms with van der Waals surface area (Å²) in [4.78, 5) is 14.2. The first-order valence-electron chi connectivity index (χ1n) is 7.05. The molecule has 1 aromatic heterocycles. The van der Waals surface area contributed by atoms with Crippen LogP contribution in [0.3, 0.4) is 0 Å². The fourth-order valence-corrected chi connectivity index (χ4v) is 2.02. The number of anilines is 1. The van der Waals surface area contributed by atoms with Gasteiger partial charge in [-0.3, -0.25) is 15.0 Å². The van der Waals surface area contributed by atoms with Crippen molar-refractivity contribution in [2.24, 2.45) is 0 Å². The van der Waals surface area contributed by atoms with Crippen molar-refractivity contribution in [2.45, 2.75) is 33.4 Å². The van der Waals surface area contributed by atoms with Crippen LogP contribution >= 0.6 is 0 Å². The molecule has 0 unspecified atom stereocenters. The van der Waals surface area contributed by atoms with Gasteiger partial charge < -0.3 is 4.52 Å². The molecule has 112 valence electrons. The molecule has 0 fully saturated rings. The summed E-state index contributed by atoms with van der Waals surface area (Å²) in [6.45, 7) is 7.02. The molecular formula is C16H21N3O2. The van der Waals surface area contributed by atoms with Gasteiger partial charge in [-0.2, -0.15) is 0 Å². The minimum absolute atomic E-state index is 0.101. The first-order valence-corrected chi connectivity index (χ1v) is 7.05. The smallest absolute Gasteiger partial charge is 0.240 e. The number of rotatable bonds is 6. The second-order valence-electron chi connectivity index (χ2n) is 5.37. The van der Waals surface area contributed by atoms with Crippen LogP contribution in [0.25, 0.3) is 0 Å². The van der Waals surface area contributed by atoms with Crippen LogP contribution in [0.2, 0.25) is 0 Å². The second kappa shape index (κ2) is 7.04. The van der Waals surface area contributed by atoms with E-state index in [2.05, 4.69) is 41.4 Å². The van der Waals surface area contributed by atoms with E-state index in [1.807, 2.05) is 25.1 Å². The molecule has 1 heterocycles. The monoisotopic (exact) mass is 287 g/mol. The number of hydrogen-bond acceptors (Lipinski definition) is 4. The van der Waals surface area contributed by atoms with Crippen LogP contribution in [-0.2, 0) is 11.3 Å². The van der Waals surface area contributed by atoms with E-state index >= 15 is 0 Å². The topological polar surface area (TPSA) is 58.4 Å². The number of carbonyl (C=O) groups is 1. The molecule has 0 radical (unpaired) electrons. The lowest BCUT2D eigenvalue weighted by molar-refractivity contribution is -0.118. The van der Waals surface area contributed by atoms with E-state index in [-0.39, 0.29) is 11.9 Å². The highest BCUT2D eigenvalue weighted by Gasteiger charge is 2.15. The van der Waals surface area contributed by atoms with Crippen molar-refractivity contribution >= 4 is 11.8 Å². The molecule has 0 aliphatic rings. The highest BCUT2D eigenvalue weighted by molar-refractivity contribution is 5.90. The molecule has 0 saturated heterocycles. The average molecular weight is 287 g/mol. The molecule has 5 nitrogen and oxygen atoms in total.